The van der Waals surface area contributed by atoms with E-state index >= 15 is 0 Å². The first-order valence-corrected chi connectivity index (χ1v) is 7.45. The molecule has 0 saturated carbocycles. The number of hydrogen-bond donors (Lipinski definition) is 1. The van der Waals surface area contributed by atoms with Crippen LogP contribution < -0.4 is 5.32 Å². The van der Waals surface area contributed by atoms with E-state index in [0.29, 0.717) is 6.04 Å². The highest BCUT2D eigenvalue weighted by Crippen LogP contribution is 2.21. The number of aryl methyl sites for hydroxylation is 1. The topological polar surface area (TPSA) is 29.9 Å². The Bertz CT molecular complexity index is 473. The molecule has 1 unspecified atom stereocenters. The Balaban J connectivity index is 2.10. The van der Waals surface area contributed by atoms with Crippen molar-refractivity contribution in [3.8, 4) is 0 Å². The van der Waals surface area contributed by atoms with Gasteiger partial charge in [0.25, 0.3) is 0 Å². The van der Waals surface area contributed by atoms with Gasteiger partial charge in [-0.2, -0.15) is 11.3 Å². The second-order valence-electron chi connectivity index (χ2n) is 4.72. The molecule has 0 saturated heterocycles. The molecule has 1 atom stereocenters. The minimum Gasteiger partial charge on any atom is -0.356 e. The zero-order valence-corrected chi connectivity index (χ0v) is 12.1. The Morgan fingerprint density at radius 2 is 2.33 bits per heavy atom. The Labute approximate surface area is 113 Å². The van der Waals surface area contributed by atoms with Crippen LogP contribution in [0.5, 0.6) is 0 Å². The lowest BCUT2D eigenvalue weighted by Gasteiger charge is -2.16. The maximum Gasteiger partial charge on any atom is 0.203 e. The molecule has 2 aromatic rings. The average Bonchev–Trinajstić information content (AvgIpc) is 2.96. The molecular weight excluding hydrogens is 242 g/mol. The Morgan fingerprint density at radius 3 is 3.00 bits per heavy atom. The number of nitrogens with one attached hydrogen (secondary N) is 1. The predicted octanol–water partition coefficient (Wildman–Crippen LogP) is 3.88. The summed E-state index contributed by atoms with van der Waals surface area (Å²) < 4.78 is 2.25. The third-order valence-corrected chi connectivity index (χ3v) is 3.70. The summed E-state index contributed by atoms with van der Waals surface area (Å²) in [5.41, 5.74) is 2.48. The highest BCUT2D eigenvalue weighted by atomic mass is 32.1. The number of aromatic nitrogens is 2. The standard InChI is InChI=1S/C14H21N3S/c1-4-6-15-14-16-11(2)9-17(14)12(3)8-13-5-7-18-10-13/h5,7,9-10,12H,4,6,8H2,1-3H3,(H,15,16). The summed E-state index contributed by atoms with van der Waals surface area (Å²) in [5, 5.41) is 7.76. The minimum absolute atomic E-state index is 0.431. The maximum absolute atomic E-state index is 4.55. The van der Waals surface area contributed by atoms with Gasteiger partial charge >= 0.3 is 0 Å². The molecule has 0 spiro atoms. The third kappa shape index (κ3) is 3.13. The van der Waals surface area contributed by atoms with Gasteiger partial charge in [0.1, 0.15) is 0 Å². The number of hydrogen-bond acceptors (Lipinski definition) is 3. The van der Waals surface area contributed by atoms with E-state index in [4.69, 9.17) is 0 Å². The van der Waals surface area contributed by atoms with Gasteiger partial charge in [-0.05, 0) is 49.1 Å². The van der Waals surface area contributed by atoms with E-state index in [0.717, 1.165) is 31.0 Å². The Kier molecular flexibility index (Phi) is 4.42. The molecule has 2 rings (SSSR count). The third-order valence-electron chi connectivity index (χ3n) is 2.97. The fourth-order valence-electron chi connectivity index (χ4n) is 2.07. The van der Waals surface area contributed by atoms with Crippen LogP contribution in [0, 0.1) is 6.92 Å². The normalized spacial score (nSPS) is 12.6. The summed E-state index contributed by atoms with van der Waals surface area (Å²) >= 11 is 1.76. The average molecular weight is 263 g/mol. The van der Waals surface area contributed by atoms with Crippen LogP contribution >= 0.6 is 11.3 Å². The van der Waals surface area contributed by atoms with Gasteiger partial charge in [-0.3, -0.25) is 0 Å². The van der Waals surface area contributed by atoms with Crippen LogP contribution in [0.4, 0.5) is 5.95 Å². The fourth-order valence-corrected chi connectivity index (χ4v) is 2.75. The number of thiophene rings is 1. The molecule has 0 aliphatic heterocycles. The van der Waals surface area contributed by atoms with Crippen molar-refractivity contribution in [2.45, 2.75) is 39.7 Å². The molecule has 2 heterocycles. The summed E-state index contributed by atoms with van der Waals surface area (Å²) in [6, 6.07) is 2.63. The van der Waals surface area contributed by atoms with Crippen LogP contribution in [0.15, 0.2) is 23.0 Å². The van der Waals surface area contributed by atoms with Gasteiger partial charge in [-0.15, -0.1) is 0 Å². The molecule has 3 nitrogen and oxygen atoms in total. The van der Waals surface area contributed by atoms with Gasteiger partial charge < -0.3 is 9.88 Å². The number of imidazole rings is 1. The molecular formula is C14H21N3S. The monoisotopic (exact) mass is 263 g/mol. The second-order valence-corrected chi connectivity index (χ2v) is 5.50. The van der Waals surface area contributed by atoms with Gasteiger partial charge in [-0.1, -0.05) is 6.92 Å². The number of anilines is 1. The fraction of sp³-hybridized carbons (Fsp3) is 0.500. The van der Waals surface area contributed by atoms with Crippen LogP contribution in [0.1, 0.15) is 37.6 Å². The molecule has 0 amide bonds. The molecule has 0 aliphatic rings. The van der Waals surface area contributed by atoms with Crippen LogP contribution in [-0.2, 0) is 6.42 Å². The zero-order chi connectivity index (χ0) is 13.0. The van der Waals surface area contributed by atoms with Crippen LogP contribution in [0.3, 0.4) is 0 Å². The molecule has 2 aromatic heterocycles. The molecule has 0 aliphatic carbocycles. The quantitative estimate of drug-likeness (QED) is 0.857. The molecule has 98 valence electrons. The first-order chi connectivity index (χ1) is 8.70. The molecule has 0 radical (unpaired) electrons. The SMILES string of the molecule is CCCNc1nc(C)cn1C(C)Cc1ccsc1. The highest BCUT2D eigenvalue weighted by Gasteiger charge is 2.12. The summed E-state index contributed by atoms with van der Waals surface area (Å²) in [7, 11) is 0. The molecule has 18 heavy (non-hydrogen) atoms. The van der Waals surface area contributed by atoms with Crippen molar-refractivity contribution in [3.63, 3.8) is 0 Å². The van der Waals surface area contributed by atoms with E-state index in [2.05, 4.69) is 51.7 Å². The molecule has 0 aromatic carbocycles. The smallest absolute Gasteiger partial charge is 0.203 e. The largest absolute Gasteiger partial charge is 0.356 e. The summed E-state index contributed by atoms with van der Waals surface area (Å²) in [6.07, 6.45) is 4.31. The van der Waals surface area contributed by atoms with E-state index in [1.807, 2.05) is 6.92 Å². The van der Waals surface area contributed by atoms with Crippen LogP contribution in [0.2, 0.25) is 0 Å². The van der Waals surface area contributed by atoms with Gasteiger partial charge in [0.2, 0.25) is 5.95 Å². The van der Waals surface area contributed by atoms with Gasteiger partial charge in [0.05, 0.1) is 5.69 Å². The van der Waals surface area contributed by atoms with Crippen molar-refractivity contribution < 1.29 is 0 Å². The van der Waals surface area contributed by atoms with E-state index in [9.17, 15) is 0 Å². The van der Waals surface area contributed by atoms with Crippen LogP contribution in [-0.4, -0.2) is 16.1 Å². The first kappa shape index (κ1) is 13.1. The molecule has 0 fully saturated rings. The molecule has 4 heteroatoms. The van der Waals surface area contributed by atoms with Gasteiger partial charge in [0.15, 0.2) is 0 Å². The Morgan fingerprint density at radius 1 is 1.50 bits per heavy atom. The van der Waals surface area contributed by atoms with E-state index in [1.54, 1.807) is 11.3 Å². The highest BCUT2D eigenvalue weighted by molar-refractivity contribution is 7.07. The van der Waals surface area contributed by atoms with E-state index in [1.165, 1.54) is 5.56 Å². The summed E-state index contributed by atoms with van der Waals surface area (Å²) in [4.78, 5) is 4.55. The molecule has 1 N–H and O–H groups in total. The van der Waals surface area contributed by atoms with Crippen molar-refractivity contribution in [1.82, 2.24) is 9.55 Å². The second kappa shape index (κ2) is 6.05. The van der Waals surface area contributed by atoms with Gasteiger partial charge in [0, 0.05) is 18.8 Å². The molecule has 0 bridgehead atoms. The lowest BCUT2D eigenvalue weighted by Crippen LogP contribution is -2.12. The summed E-state index contributed by atoms with van der Waals surface area (Å²) in [5.74, 6) is 0.997. The van der Waals surface area contributed by atoms with E-state index < -0.39 is 0 Å². The number of nitrogens with zero attached hydrogens (tertiary/aromatic N) is 2. The lowest BCUT2D eigenvalue weighted by atomic mass is 10.1. The minimum atomic E-state index is 0.431. The summed E-state index contributed by atoms with van der Waals surface area (Å²) in [6.45, 7) is 7.43. The van der Waals surface area contributed by atoms with Crippen LogP contribution in [0.25, 0.3) is 0 Å². The predicted molar refractivity (Wildman–Crippen MR) is 78.5 cm³/mol. The van der Waals surface area contributed by atoms with Crippen molar-refractivity contribution in [2.24, 2.45) is 0 Å². The number of rotatable bonds is 6. The first-order valence-electron chi connectivity index (χ1n) is 6.51. The zero-order valence-electron chi connectivity index (χ0n) is 11.3. The maximum atomic E-state index is 4.55. The van der Waals surface area contributed by atoms with Crippen molar-refractivity contribution >= 4 is 17.3 Å². The van der Waals surface area contributed by atoms with Gasteiger partial charge in [-0.25, -0.2) is 4.98 Å². The van der Waals surface area contributed by atoms with Crippen molar-refractivity contribution in [1.29, 1.82) is 0 Å². The Hall–Kier alpha value is -1.29. The van der Waals surface area contributed by atoms with Crippen molar-refractivity contribution in [2.75, 3.05) is 11.9 Å². The van der Waals surface area contributed by atoms with Crippen molar-refractivity contribution in [3.05, 3.63) is 34.3 Å². The van der Waals surface area contributed by atoms with E-state index in [-0.39, 0.29) is 0 Å². The lowest BCUT2D eigenvalue weighted by molar-refractivity contribution is 0.549.